The topological polar surface area (TPSA) is 56.3 Å². The van der Waals surface area contributed by atoms with Crippen molar-refractivity contribution < 1.29 is 9.90 Å². The van der Waals surface area contributed by atoms with Gasteiger partial charge in [-0.05, 0) is 23.6 Å². The van der Waals surface area contributed by atoms with Crippen LogP contribution >= 0.6 is 0 Å². The molecule has 0 unspecified atom stereocenters. The van der Waals surface area contributed by atoms with E-state index in [1.54, 1.807) is 23.2 Å². The molecule has 0 aliphatic heterocycles. The summed E-state index contributed by atoms with van der Waals surface area (Å²) in [4.78, 5) is 17.4. The highest BCUT2D eigenvalue weighted by Crippen LogP contribution is 2.17. The van der Waals surface area contributed by atoms with Gasteiger partial charge in [-0.2, -0.15) is 0 Å². The first-order valence-corrected chi connectivity index (χ1v) is 7.22. The highest BCUT2D eigenvalue weighted by Gasteiger charge is 2.27. The minimum atomic E-state index is -0.207. The number of nitrogens with zero attached hydrogens (tertiary/aromatic N) is 1. The standard InChI is InChI=1S/C17H22N2O2/c1-13(2)16(12-20)19(11-14-7-4-3-5-8-14)17(21)15-9-6-10-18-15/h3-10,13,16,18,20H,11-12H2,1-2H3/t16-/m1/s1. The largest absolute Gasteiger partial charge is 0.394 e. The Hall–Kier alpha value is -2.07. The van der Waals surface area contributed by atoms with E-state index in [1.165, 1.54) is 0 Å². The number of hydrogen-bond donors (Lipinski definition) is 2. The number of hydrogen-bond acceptors (Lipinski definition) is 2. The maximum Gasteiger partial charge on any atom is 0.270 e. The van der Waals surface area contributed by atoms with Gasteiger partial charge in [0.2, 0.25) is 0 Å². The van der Waals surface area contributed by atoms with E-state index in [0.29, 0.717) is 12.2 Å². The molecule has 2 aromatic rings. The minimum Gasteiger partial charge on any atom is -0.394 e. The molecular weight excluding hydrogens is 264 g/mol. The maximum atomic E-state index is 12.7. The number of H-pyrrole nitrogens is 1. The normalized spacial score (nSPS) is 12.4. The molecule has 0 saturated heterocycles. The van der Waals surface area contributed by atoms with Crippen molar-refractivity contribution >= 4 is 5.91 Å². The summed E-state index contributed by atoms with van der Waals surface area (Å²) in [6.45, 7) is 4.47. The van der Waals surface area contributed by atoms with Crippen molar-refractivity contribution in [2.24, 2.45) is 5.92 Å². The fraction of sp³-hybridized carbons (Fsp3) is 0.353. The number of aliphatic hydroxyl groups excluding tert-OH is 1. The number of nitrogens with one attached hydrogen (secondary N) is 1. The summed E-state index contributed by atoms with van der Waals surface area (Å²) in [6, 6.07) is 13.2. The average Bonchev–Trinajstić information content (AvgIpc) is 3.01. The minimum absolute atomic E-state index is 0.0447. The van der Waals surface area contributed by atoms with Crippen LogP contribution in [0.1, 0.15) is 29.9 Å². The van der Waals surface area contributed by atoms with Gasteiger partial charge >= 0.3 is 0 Å². The summed E-state index contributed by atoms with van der Waals surface area (Å²) in [7, 11) is 0. The molecule has 21 heavy (non-hydrogen) atoms. The number of carbonyl (C=O) groups excluding carboxylic acids is 1. The molecule has 0 aliphatic rings. The number of rotatable bonds is 6. The second-order valence-corrected chi connectivity index (χ2v) is 5.50. The van der Waals surface area contributed by atoms with Gasteiger partial charge < -0.3 is 15.0 Å². The van der Waals surface area contributed by atoms with Gasteiger partial charge in [0.1, 0.15) is 5.69 Å². The van der Waals surface area contributed by atoms with Gasteiger partial charge in [0.05, 0.1) is 12.6 Å². The Kier molecular flexibility index (Phi) is 5.17. The molecule has 0 bridgehead atoms. The lowest BCUT2D eigenvalue weighted by Crippen LogP contribution is -2.45. The molecule has 112 valence electrons. The lowest BCUT2D eigenvalue weighted by atomic mass is 10.0. The second kappa shape index (κ2) is 7.09. The van der Waals surface area contributed by atoms with Gasteiger partial charge in [0.15, 0.2) is 0 Å². The predicted octanol–water partition coefficient (Wildman–Crippen LogP) is 2.67. The Bertz CT molecular complexity index is 549. The van der Waals surface area contributed by atoms with Crippen LogP contribution < -0.4 is 0 Å². The fourth-order valence-corrected chi connectivity index (χ4v) is 2.41. The van der Waals surface area contributed by atoms with Gasteiger partial charge in [-0.25, -0.2) is 0 Å². The summed E-state index contributed by atoms with van der Waals surface area (Å²) in [5.74, 6) is 0.0919. The molecule has 4 heteroatoms. The summed E-state index contributed by atoms with van der Waals surface area (Å²) < 4.78 is 0. The van der Waals surface area contributed by atoms with E-state index < -0.39 is 0 Å². The van der Waals surface area contributed by atoms with Gasteiger partial charge in [0, 0.05) is 12.7 Å². The molecule has 1 atom stereocenters. The molecule has 4 nitrogen and oxygen atoms in total. The highest BCUT2D eigenvalue weighted by atomic mass is 16.3. The highest BCUT2D eigenvalue weighted by molar-refractivity contribution is 5.92. The van der Waals surface area contributed by atoms with Crippen molar-refractivity contribution in [2.45, 2.75) is 26.4 Å². The average molecular weight is 286 g/mol. The lowest BCUT2D eigenvalue weighted by Gasteiger charge is -2.33. The van der Waals surface area contributed by atoms with Crippen molar-refractivity contribution in [2.75, 3.05) is 6.61 Å². The van der Waals surface area contributed by atoms with Crippen LogP contribution in [-0.2, 0) is 6.54 Å². The summed E-state index contributed by atoms with van der Waals surface area (Å²) in [5, 5.41) is 9.69. The van der Waals surface area contributed by atoms with E-state index in [4.69, 9.17) is 0 Å². The molecule has 2 rings (SSSR count). The van der Waals surface area contributed by atoms with E-state index in [2.05, 4.69) is 4.98 Å². The van der Waals surface area contributed by atoms with E-state index in [1.807, 2.05) is 44.2 Å². The van der Waals surface area contributed by atoms with Crippen LogP contribution in [0, 0.1) is 5.92 Å². The number of amides is 1. The van der Waals surface area contributed by atoms with Crippen LogP contribution in [0.15, 0.2) is 48.7 Å². The van der Waals surface area contributed by atoms with E-state index in [0.717, 1.165) is 5.56 Å². The third kappa shape index (κ3) is 3.73. The van der Waals surface area contributed by atoms with Gasteiger partial charge in [-0.3, -0.25) is 4.79 Å². The number of benzene rings is 1. The number of aliphatic hydroxyl groups is 1. The monoisotopic (exact) mass is 286 g/mol. The zero-order valence-electron chi connectivity index (χ0n) is 12.5. The number of aromatic nitrogens is 1. The smallest absolute Gasteiger partial charge is 0.270 e. The van der Waals surface area contributed by atoms with Crippen molar-refractivity contribution in [3.8, 4) is 0 Å². The molecule has 2 N–H and O–H groups in total. The predicted molar refractivity (Wildman–Crippen MR) is 82.8 cm³/mol. The fourth-order valence-electron chi connectivity index (χ4n) is 2.41. The zero-order chi connectivity index (χ0) is 15.2. The van der Waals surface area contributed by atoms with Crippen molar-refractivity contribution in [1.29, 1.82) is 0 Å². The first kappa shape index (κ1) is 15.3. The Morgan fingerprint density at radius 3 is 2.43 bits per heavy atom. The van der Waals surface area contributed by atoms with Crippen molar-refractivity contribution in [1.82, 2.24) is 9.88 Å². The van der Waals surface area contributed by atoms with E-state index >= 15 is 0 Å². The third-order valence-corrected chi connectivity index (χ3v) is 3.64. The Morgan fingerprint density at radius 1 is 1.19 bits per heavy atom. The van der Waals surface area contributed by atoms with Crippen LogP contribution in [0.3, 0.4) is 0 Å². The zero-order valence-corrected chi connectivity index (χ0v) is 12.5. The first-order chi connectivity index (χ1) is 10.1. The third-order valence-electron chi connectivity index (χ3n) is 3.64. The molecule has 1 amide bonds. The maximum absolute atomic E-state index is 12.7. The molecule has 0 fully saturated rings. The number of aromatic amines is 1. The molecule has 0 radical (unpaired) electrons. The summed E-state index contributed by atoms with van der Waals surface area (Å²) >= 11 is 0. The molecule has 0 aliphatic carbocycles. The Morgan fingerprint density at radius 2 is 1.90 bits per heavy atom. The molecule has 0 spiro atoms. The van der Waals surface area contributed by atoms with Crippen LogP contribution in [0.2, 0.25) is 0 Å². The van der Waals surface area contributed by atoms with Crippen LogP contribution in [0.4, 0.5) is 0 Å². The SMILES string of the molecule is CC(C)[C@@H](CO)N(Cc1ccccc1)C(=O)c1ccc[nH]1. The van der Waals surface area contributed by atoms with Crippen LogP contribution in [0.25, 0.3) is 0 Å². The van der Waals surface area contributed by atoms with Gasteiger partial charge in [-0.1, -0.05) is 44.2 Å². The van der Waals surface area contributed by atoms with Gasteiger partial charge in [-0.15, -0.1) is 0 Å². The van der Waals surface area contributed by atoms with Crippen molar-refractivity contribution in [3.63, 3.8) is 0 Å². The molecule has 1 aromatic carbocycles. The van der Waals surface area contributed by atoms with Crippen molar-refractivity contribution in [3.05, 3.63) is 59.9 Å². The second-order valence-electron chi connectivity index (χ2n) is 5.50. The molecular formula is C17H22N2O2. The molecule has 1 aromatic heterocycles. The number of carbonyl (C=O) groups is 1. The van der Waals surface area contributed by atoms with Crippen LogP contribution in [-0.4, -0.2) is 33.5 Å². The van der Waals surface area contributed by atoms with Crippen LogP contribution in [0.5, 0.6) is 0 Å². The molecule has 0 saturated carbocycles. The lowest BCUT2D eigenvalue weighted by molar-refractivity contribution is 0.0477. The Balaban J connectivity index is 2.27. The van der Waals surface area contributed by atoms with Gasteiger partial charge in [0.25, 0.3) is 5.91 Å². The Labute approximate surface area is 125 Å². The first-order valence-electron chi connectivity index (χ1n) is 7.22. The van der Waals surface area contributed by atoms with E-state index in [-0.39, 0.29) is 24.5 Å². The van der Waals surface area contributed by atoms with E-state index in [9.17, 15) is 9.90 Å². The summed E-state index contributed by atoms with van der Waals surface area (Å²) in [6.07, 6.45) is 1.73. The quantitative estimate of drug-likeness (QED) is 0.857. The summed E-state index contributed by atoms with van der Waals surface area (Å²) in [5.41, 5.74) is 1.60. The molecule has 1 heterocycles.